The van der Waals surface area contributed by atoms with E-state index in [-0.39, 0.29) is 24.6 Å². The van der Waals surface area contributed by atoms with Gasteiger partial charge in [-0.25, -0.2) is 4.79 Å². The Balaban J connectivity index is 1.64. The summed E-state index contributed by atoms with van der Waals surface area (Å²) in [6.45, 7) is 0.946. The number of nitrogens with zero attached hydrogens (tertiary/aromatic N) is 2. The Kier molecular flexibility index (Phi) is 4.05. The van der Waals surface area contributed by atoms with Crippen molar-refractivity contribution in [3.05, 3.63) is 35.9 Å². The molecule has 1 aromatic rings. The van der Waals surface area contributed by atoms with E-state index in [1.54, 1.807) is 4.90 Å². The molecule has 1 spiro atoms. The maximum atomic E-state index is 12.3. The van der Waals surface area contributed by atoms with Crippen LogP contribution in [0.15, 0.2) is 30.3 Å². The summed E-state index contributed by atoms with van der Waals surface area (Å²) in [7, 11) is 1.86. The summed E-state index contributed by atoms with van der Waals surface area (Å²) >= 11 is 0. The van der Waals surface area contributed by atoms with Crippen molar-refractivity contribution in [1.29, 1.82) is 0 Å². The van der Waals surface area contributed by atoms with Crippen LogP contribution < -0.4 is 0 Å². The second kappa shape index (κ2) is 5.99. The van der Waals surface area contributed by atoms with E-state index in [1.165, 1.54) is 0 Å². The van der Waals surface area contributed by atoms with Crippen LogP contribution >= 0.6 is 0 Å². The number of benzene rings is 1. The van der Waals surface area contributed by atoms with Crippen molar-refractivity contribution in [3.8, 4) is 0 Å². The summed E-state index contributed by atoms with van der Waals surface area (Å²) in [5.74, 6) is 0.00445. The molecule has 1 saturated carbocycles. The molecule has 1 saturated heterocycles. The highest BCUT2D eigenvalue weighted by Gasteiger charge is 2.46. The third-order valence-corrected chi connectivity index (χ3v) is 4.89. The van der Waals surface area contributed by atoms with Gasteiger partial charge in [-0.1, -0.05) is 43.2 Å². The molecular formula is C17H22N2O3. The van der Waals surface area contributed by atoms with Crippen LogP contribution in [-0.2, 0) is 16.1 Å². The fourth-order valence-corrected chi connectivity index (χ4v) is 3.52. The van der Waals surface area contributed by atoms with E-state index in [0.29, 0.717) is 6.54 Å². The second-order valence-corrected chi connectivity index (χ2v) is 6.28. The molecule has 0 atom stereocenters. The van der Waals surface area contributed by atoms with Gasteiger partial charge in [0.2, 0.25) is 5.91 Å². The van der Waals surface area contributed by atoms with Gasteiger partial charge in [0, 0.05) is 13.6 Å². The summed E-state index contributed by atoms with van der Waals surface area (Å²) in [6.07, 6.45) is 3.78. The second-order valence-electron chi connectivity index (χ2n) is 6.28. The lowest BCUT2D eigenvalue weighted by atomic mass is 9.92. The van der Waals surface area contributed by atoms with E-state index in [0.717, 1.165) is 31.2 Å². The zero-order valence-corrected chi connectivity index (χ0v) is 13.0. The number of likely N-dealkylation sites (N-methyl/N-ethyl adjacent to an activating group) is 1. The Morgan fingerprint density at radius 3 is 2.59 bits per heavy atom. The first kappa shape index (κ1) is 14.9. The number of piperazine rings is 1. The molecule has 2 aliphatic rings. The smallest absolute Gasteiger partial charge is 0.410 e. The minimum atomic E-state index is -0.392. The molecular weight excluding hydrogens is 280 g/mol. The number of carbonyl (C=O) groups is 2. The van der Waals surface area contributed by atoms with E-state index < -0.39 is 6.09 Å². The maximum absolute atomic E-state index is 12.3. The quantitative estimate of drug-likeness (QED) is 0.843. The molecule has 5 nitrogen and oxygen atoms in total. The topological polar surface area (TPSA) is 49.9 Å². The number of amides is 2. The zero-order valence-electron chi connectivity index (χ0n) is 13.0. The van der Waals surface area contributed by atoms with Gasteiger partial charge in [0.05, 0.1) is 5.54 Å². The van der Waals surface area contributed by atoms with Gasteiger partial charge in [0.1, 0.15) is 13.2 Å². The minimum Gasteiger partial charge on any atom is -0.445 e. The molecule has 0 radical (unpaired) electrons. The van der Waals surface area contributed by atoms with Gasteiger partial charge in [0.15, 0.2) is 0 Å². The Labute approximate surface area is 130 Å². The van der Waals surface area contributed by atoms with Crippen LogP contribution in [0.3, 0.4) is 0 Å². The Morgan fingerprint density at radius 1 is 1.23 bits per heavy atom. The van der Waals surface area contributed by atoms with Crippen molar-refractivity contribution in [1.82, 2.24) is 9.80 Å². The highest BCUT2D eigenvalue weighted by molar-refractivity contribution is 5.84. The van der Waals surface area contributed by atoms with E-state index in [4.69, 9.17) is 4.74 Å². The largest absolute Gasteiger partial charge is 0.445 e. The molecule has 22 heavy (non-hydrogen) atoms. The maximum Gasteiger partial charge on any atom is 0.410 e. The number of hydrogen-bond acceptors (Lipinski definition) is 3. The number of carbonyl (C=O) groups excluding carboxylic acids is 2. The van der Waals surface area contributed by atoms with Crippen molar-refractivity contribution in [2.24, 2.45) is 0 Å². The van der Waals surface area contributed by atoms with Gasteiger partial charge in [-0.3, -0.25) is 9.69 Å². The first-order valence-corrected chi connectivity index (χ1v) is 7.83. The van der Waals surface area contributed by atoms with Crippen LogP contribution in [0.4, 0.5) is 4.79 Å². The molecule has 118 valence electrons. The molecule has 1 aromatic carbocycles. The third kappa shape index (κ3) is 2.80. The van der Waals surface area contributed by atoms with E-state index in [2.05, 4.69) is 0 Å². The van der Waals surface area contributed by atoms with Crippen LogP contribution in [0.1, 0.15) is 31.2 Å². The fourth-order valence-electron chi connectivity index (χ4n) is 3.52. The van der Waals surface area contributed by atoms with Gasteiger partial charge in [0.25, 0.3) is 0 Å². The lowest BCUT2D eigenvalue weighted by molar-refractivity contribution is -0.143. The standard InChI is InChI=1S/C17H22N2O3/c1-18-15(20)11-19(13-17(18)9-5-6-10-17)16(21)22-12-14-7-3-2-4-8-14/h2-4,7-8H,5-6,9-13H2,1H3. The van der Waals surface area contributed by atoms with Crippen LogP contribution in [-0.4, -0.2) is 47.5 Å². The molecule has 1 aliphatic carbocycles. The van der Waals surface area contributed by atoms with E-state index in [9.17, 15) is 9.59 Å². The van der Waals surface area contributed by atoms with Gasteiger partial charge < -0.3 is 9.64 Å². The molecule has 5 heteroatoms. The van der Waals surface area contributed by atoms with Crippen molar-refractivity contribution < 1.29 is 14.3 Å². The molecule has 1 heterocycles. The van der Waals surface area contributed by atoms with Crippen molar-refractivity contribution in [2.75, 3.05) is 20.1 Å². The van der Waals surface area contributed by atoms with E-state index >= 15 is 0 Å². The number of rotatable bonds is 2. The van der Waals surface area contributed by atoms with Gasteiger partial charge >= 0.3 is 6.09 Å². The summed E-state index contributed by atoms with van der Waals surface area (Å²) < 4.78 is 5.37. The van der Waals surface area contributed by atoms with Crippen molar-refractivity contribution in [2.45, 2.75) is 37.8 Å². The fraction of sp³-hybridized carbons (Fsp3) is 0.529. The SMILES string of the molecule is CN1C(=O)CN(C(=O)OCc2ccccc2)CC12CCCC2. The number of hydrogen-bond donors (Lipinski definition) is 0. The summed E-state index contributed by atoms with van der Waals surface area (Å²) in [4.78, 5) is 27.9. The monoisotopic (exact) mass is 302 g/mol. The zero-order chi connectivity index (χ0) is 15.6. The van der Waals surface area contributed by atoms with Crippen LogP contribution in [0, 0.1) is 0 Å². The van der Waals surface area contributed by atoms with Gasteiger partial charge in [-0.15, -0.1) is 0 Å². The predicted molar refractivity (Wildman–Crippen MR) is 82.2 cm³/mol. The lowest BCUT2D eigenvalue weighted by Gasteiger charge is -2.46. The molecule has 1 aliphatic heterocycles. The first-order chi connectivity index (χ1) is 10.6. The third-order valence-electron chi connectivity index (χ3n) is 4.89. The Bertz CT molecular complexity index is 552. The van der Waals surface area contributed by atoms with E-state index in [1.807, 2.05) is 42.3 Å². The molecule has 0 bridgehead atoms. The lowest BCUT2D eigenvalue weighted by Crippen LogP contribution is -2.63. The van der Waals surface area contributed by atoms with Crippen molar-refractivity contribution >= 4 is 12.0 Å². The average molecular weight is 302 g/mol. The highest BCUT2D eigenvalue weighted by atomic mass is 16.6. The minimum absolute atomic E-state index is 0.00445. The molecule has 0 unspecified atom stereocenters. The van der Waals surface area contributed by atoms with Crippen LogP contribution in [0.5, 0.6) is 0 Å². The van der Waals surface area contributed by atoms with Crippen LogP contribution in [0.2, 0.25) is 0 Å². The Morgan fingerprint density at radius 2 is 1.91 bits per heavy atom. The van der Waals surface area contributed by atoms with Gasteiger partial charge in [-0.05, 0) is 18.4 Å². The molecule has 0 aromatic heterocycles. The Hall–Kier alpha value is -2.04. The summed E-state index contributed by atoms with van der Waals surface area (Å²) in [5.41, 5.74) is 0.771. The first-order valence-electron chi connectivity index (χ1n) is 7.83. The molecule has 0 N–H and O–H groups in total. The normalized spacial score (nSPS) is 20.5. The molecule has 3 rings (SSSR count). The molecule has 2 amide bonds. The van der Waals surface area contributed by atoms with Crippen molar-refractivity contribution in [3.63, 3.8) is 0 Å². The predicted octanol–water partition coefficient (Wildman–Crippen LogP) is 2.41. The van der Waals surface area contributed by atoms with Gasteiger partial charge in [-0.2, -0.15) is 0 Å². The van der Waals surface area contributed by atoms with Crippen LogP contribution in [0.25, 0.3) is 0 Å². The highest BCUT2D eigenvalue weighted by Crippen LogP contribution is 2.37. The number of ether oxygens (including phenoxy) is 1. The summed E-state index contributed by atoms with van der Waals surface area (Å²) in [5, 5.41) is 0. The summed E-state index contributed by atoms with van der Waals surface area (Å²) in [6, 6.07) is 9.59. The average Bonchev–Trinajstić information content (AvgIpc) is 3.00. The molecule has 2 fully saturated rings.